The first-order chi connectivity index (χ1) is 8.15. The Bertz CT molecular complexity index is 461. The van der Waals surface area contributed by atoms with Crippen molar-refractivity contribution in [3.05, 3.63) is 65.5 Å². The van der Waals surface area contributed by atoms with E-state index in [-0.39, 0.29) is 5.76 Å². The van der Waals surface area contributed by atoms with Crippen molar-refractivity contribution in [2.24, 2.45) is 0 Å². The highest BCUT2D eigenvalue weighted by molar-refractivity contribution is 5.78. The minimum atomic E-state index is 0.0296. The molecule has 0 fully saturated rings. The van der Waals surface area contributed by atoms with Gasteiger partial charge in [-0.05, 0) is 31.1 Å². The van der Waals surface area contributed by atoms with Crippen LogP contribution in [0, 0.1) is 0 Å². The summed E-state index contributed by atoms with van der Waals surface area (Å²) >= 11 is 0. The molecule has 1 rings (SSSR count). The van der Waals surface area contributed by atoms with Gasteiger partial charge in [-0.25, -0.2) is 0 Å². The summed E-state index contributed by atoms with van der Waals surface area (Å²) in [4.78, 5) is 10.6. The SMILES string of the molecule is C\C(O)=C(C=O)/C=C\C=C(/C)c1ccccc1. The summed E-state index contributed by atoms with van der Waals surface area (Å²) in [6.45, 7) is 3.48. The van der Waals surface area contributed by atoms with E-state index in [1.165, 1.54) is 6.92 Å². The Labute approximate surface area is 102 Å². The van der Waals surface area contributed by atoms with Gasteiger partial charge in [0.05, 0.1) is 11.3 Å². The molecule has 2 heteroatoms. The lowest BCUT2D eigenvalue weighted by atomic mass is 10.1. The molecule has 0 aliphatic carbocycles. The fourth-order valence-electron chi connectivity index (χ4n) is 1.34. The molecule has 0 radical (unpaired) electrons. The Kier molecular flexibility index (Phi) is 4.95. The molecule has 0 aliphatic heterocycles. The van der Waals surface area contributed by atoms with Gasteiger partial charge in [0.25, 0.3) is 0 Å². The maximum absolute atomic E-state index is 10.6. The van der Waals surface area contributed by atoms with Crippen molar-refractivity contribution < 1.29 is 9.90 Å². The molecular weight excluding hydrogens is 212 g/mol. The quantitative estimate of drug-likeness (QED) is 0.369. The van der Waals surface area contributed by atoms with Crippen LogP contribution in [0.25, 0.3) is 5.57 Å². The van der Waals surface area contributed by atoms with Crippen LogP contribution in [0.5, 0.6) is 0 Å². The van der Waals surface area contributed by atoms with E-state index in [4.69, 9.17) is 0 Å². The Balaban J connectivity index is 2.82. The van der Waals surface area contributed by atoms with Gasteiger partial charge in [-0.1, -0.05) is 42.5 Å². The second kappa shape index (κ2) is 6.48. The van der Waals surface area contributed by atoms with Crippen molar-refractivity contribution in [3.63, 3.8) is 0 Å². The van der Waals surface area contributed by atoms with Gasteiger partial charge in [-0.2, -0.15) is 0 Å². The summed E-state index contributed by atoms with van der Waals surface area (Å²) in [6, 6.07) is 9.96. The number of hydrogen-bond donors (Lipinski definition) is 1. The molecule has 0 bridgehead atoms. The molecule has 0 saturated heterocycles. The highest BCUT2D eigenvalue weighted by Crippen LogP contribution is 2.12. The zero-order chi connectivity index (χ0) is 12.7. The first-order valence-corrected chi connectivity index (χ1v) is 5.40. The number of hydrogen-bond acceptors (Lipinski definition) is 2. The highest BCUT2D eigenvalue weighted by atomic mass is 16.3. The second-order valence-corrected chi connectivity index (χ2v) is 3.73. The molecule has 0 heterocycles. The number of allylic oxidation sites excluding steroid dienone is 6. The molecule has 1 aromatic rings. The molecule has 88 valence electrons. The van der Waals surface area contributed by atoms with Crippen molar-refractivity contribution in [1.82, 2.24) is 0 Å². The van der Waals surface area contributed by atoms with Crippen LogP contribution in [-0.2, 0) is 4.79 Å². The number of carbonyl (C=O) groups excluding carboxylic acids is 1. The fourth-order valence-corrected chi connectivity index (χ4v) is 1.34. The van der Waals surface area contributed by atoms with E-state index in [9.17, 15) is 9.90 Å². The highest BCUT2D eigenvalue weighted by Gasteiger charge is 1.94. The molecule has 1 N–H and O–H groups in total. The Morgan fingerprint density at radius 1 is 1.18 bits per heavy atom. The zero-order valence-electron chi connectivity index (χ0n) is 10.1. The second-order valence-electron chi connectivity index (χ2n) is 3.73. The van der Waals surface area contributed by atoms with Crippen LogP contribution in [0.1, 0.15) is 19.4 Å². The topological polar surface area (TPSA) is 37.3 Å². The van der Waals surface area contributed by atoms with Crippen molar-refractivity contribution in [2.45, 2.75) is 13.8 Å². The Morgan fingerprint density at radius 2 is 1.82 bits per heavy atom. The molecular formula is C15H16O2. The van der Waals surface area contributed by atoms with Crippen LogP contribution in [0.2, 0.25) is 0 Å². The lowest BCUT2D eigenvalue weighted by Crippen LogP contribution is -1.84. The summed E-state index contributed by atoms with van der Waals surface area (Å²) in [5.74, 6) is 0.0296. The lowest BCUT2D eigenvalue weighted by Gasteiger charge is -1.98. The molecule has 0 amide bonds. The summed E-state index contributed by atoms with van der Waals surface area (Å²) in [6.07, 6.45) is 5.89. The number of carbonyl (C=O) groups is 1. The van der Waals surface area contributed by atoms with Crippen molar-refractivity contribution >= 4 is 11.9 Å². The van der Waals surface area contributed by atoms with Gasteiger partial charge >= 0.3 is 0 Å². The fraction of sp³-hybridized carbons (Fsp3) is 0.133. The maximum Gasteiger partial charge on any atom is 0.153 e. The first-order valence-electron chi connectivity index (χ1n) is 5.40. The summed E-state index contributed by atoms with van der Waals surface area (Å²) in [5.41, 5.74) is 2.53. The van der Waals surface area contributed by atoms with E-state index >= 15 is 0 Å². The third-order valence-corrected chi connectivity index (χ3v) is 2.40. The Morgan fingerprint density at radius 3 is 2.35 bits per heavy atom. The standard InChI is InChI=1S/C15H16O2/c1-12(14-8-4-3-5-9-14)7-6-10-15(11-16)13(2)17/h3-11,17H,1-2H3/b10-6-,12-7+,15-13-. The summed E-state index contributed by atoms with van der Waals surface area (Å²) < 4.78 is 0. The van der Waals surface area contributed by atoms with E-state index < -0.39 is 0 Å². The molecule has 0 atom stereocenters. The van der Waals surface area contributed by atoms with Crippen LogP contribution < -0.4 is 0 Å². The molecule has 0 unspecified atom stereocenters. The van der Waals surface area contributed by atoms with Crippen LogP contribution >= 0.6 is 0 Å². The predicted molar refractivity (Wildman–Crippen MR) is 70.6 cm³/mol. The van der Waals surface area contributed by atoms with Crippen molar-refractivity contribution in [1.29, 1.82) is 0 Å². The Hall–Kier alpha value is -2.09. The van der Waals surface area contributed by atoms with Crippen molar-refractivity contribution in [2.75, 3.05) is 0 Å². The predicted octanol–water partition coefficient (Wildman–Crippen LogP) is 3.68. The first kappa shape index (κ1) is 13.0. The molecule has 0 spiro atoms. The van der Waals surface area contributed by atoms with Crippen LogP contribution in [-0.4, -0.2) is 11.4 Å². The minimum Gasteiger partial charge on any atom is -0.512 e. The summed E-state index contributed by atoms with van der Waals surface area (Å²) in [7, 11) is 0. The molecule has 0 saturated carbocycles. The van der Waals surface area contributed by atoms with E-state index in [1.807, 2.05) is 43.3 Å². The van der Waals surface area contributed by atoms with Gasteiger partial charge in [-0.3, -0.25) is 4.79 Å². The third kappa shape index (κ3) is 4.11. The normalized spacial score (nSPS) is 13.6. The molecule has 2 nitrogen and oxygen atoms in total. The van der Waals surface area contributed by atoms with Gasteiger partial charge in [0, 0.05) is 0 Å². The number of aliphatic hydroxyl groups excluding tert-OH is 1. The molecule has 17 heavy (non-hydrogen) atoms. The average molecular weight is 228 g/mol. The molecule has 0 aromatic heterocycles. The van der Waals surface area contributed by atoms with Gasteiger partial charge < -0.3 is 5.11 Å². The minimum absolute atomic E-state index is 0.0296. The van der Waals surface area contributed by atoms with Crippen LogP contribution in [0.3, 0.4) is 0 Å². The van der Waals surface area contributed by atoms with Crippen LogP contribution in [0.15, 0.2) is 59.9 Å². The van der Waals surface area contributed by atoms with Gasteiger partial charge in [0.15, 0.2) is 6.29 Å². The van der Waals surface area contributed by atoms with E-state index in [2.05, 4.69) is 0 Å². The maximum atomic E-state index is 10.6. The molecule has 0 aliphatic rings. The van der Waals surface area contributed by atoms with E-state index in [0.717, 1.165) is 11.1 Å². The van der Waals surface area contributed by atoms with Gasteiger partial charge in [-0.15, -0.1) is 0 Å². The van der Waals surface area contributed by atoms with Crippen LogP contribution in [0.4, 0.5) is 0 Å². The smallest absolute Gasteiger partial charge is 0.153 e. The van der Waals surface area contributed by atoms with E-state index in [1.54, 1.807) is 12.2 Å². The number of rotatable bonds is 4. The number of benzene rings is 1. The third-order valence-electron chi connectivity index (χ3n) is 2.40. The largest absolute Gasteiger partial charge is 0.512 e. The van der Waals surface area contributed by atoms with E-state index in [0.29, 0.717) is 11.9 Å². The lowest BCUT2D eigenvalue weighted by molar-refractivity contribution is -0.104. The summed E-state index contributed by atoms with van der Waals surface area (Å²) in [5, 5.41) is 9.17. The average Bonchev–Trinajstić information content (AvgIpc) is 2.35. The molecule has 1 aromatic carbocycles. The number of aliphatic hydroxyl groups is 1. The zero-order valence-corrected chi connectivity index (χ0v) is 10.1. The van der Waals surface area contributed by atoms with Crippen molar-refractivity contribution in [3.8, 4) is 0 Å². The van der Waals surface area contributed by atoms with Gasteiger partial charge in [0.2, 0.25) is 0 Å². The van der Waals surface area contributed by atoms with Gasteiger partial charge in [0.1, 0.15) is 0 Å². The number of aldehydes is 1. The monoisotopic (exact) mass is 228 g/mol.